The van der Waals surface area contributed by atoms with Crippen LogP contribution in [0.5, 0.6) is 5.75 Å². The van der Waals surface area contributed by atoms with Crippen LogP contribution in [0.25, 0.3) is 0 Å². The summed E-state index contributed by atoms with van der Waals surface area (Å²) in [5.41, 5.74) is 5.81. The van der Waals surface area contributed by atoms with Crippen LogP contribution in [0.1, 0.15) is 13.8 Å². The van der Waals surface area contributed by atoms with Crippen LogP contribution in [0.4, 0.5) is 0 Å². The predicted octanol–water partition coefficient (Wildman–Crippen LogP) is 2.16. The van der Waals surface area contributed by atoms with Crippen LogP contribution in [0.15, 0.2) is 24.3 Å². The van der Waals surface area contributed by atoms with Crippen molar-refractivity contribution in [3.63, 3.8) is 0 Å². The molecular formula is C14H21ClN2O2. The van der Waals surface area contributed by atoms with Gasteiger partial charge in [-0.2, -0.15) is 0 Å². The van der Waals surface area contributed by atoms with Crippen molar-refractivity contribution in [2.75, 3.05) is 20.2 Å². The third-order valence-corrected chi connectivity index (χ3v) is 3.11. The summed E-state index contributed by atoms with van der Waals surface area (Å²) in [6, 6.07) is 6.71. The van der Waals surface area contributed by atoms with Crippen molar-refractivity contribution in [3.05, 3.63) is 29.3 Å². The number of rotatable bonds is 6. The van der Waals surface area contributed by atoms with Crippen molar-refractivity contribution in [3.8, 4) is 5.75 Å². The van der Waals surface area contributed by atoms with Gasteiger partial charge in [0, 0.05) is 12.1 Å². The summed E-state index contributed by atoms with van der Waals surface area (Å²) in [6.45, 7) is 4.76. The Balaban J connectivity index is 2.38. The standard InChI is InChI=1S/C14H21ClN2O2/c1-10(2)13(16)14(18)17(3)7-8-19-12-6-4-5-11(15)9-12/h4-6,9-10,13H,7-8,16H2,1-3H3/t13-/m0/s1. The molecule has 0 aromatic heterocycles. The number of nitrogens with two attached hydrogens (primary N) is 1. The van der Waals surface area contributed by atoms with Crippen molar-refractivity contribution in [2.24, 2.45) is 11.7 Å². The molecule has 5 heteroatoms. The normalized spacial score (nSPS) is 12.3. The molecule has 4 nitrogen and oxygen atoms in total. The van der Waals surface area contributed by atoms with E-state index in [4.69, 9.17) is 22.1 Å². The van der Waals surface area contributed by atoms with Crippen LogP contribution in [0.2, 0.25) is 5.02 Å². The van der Waals surface area contributed by atoms with Crippen molar-refractivity contribution in [2.45, 2.75) is 19.9 Å². The van der Waals surface area contributed by atoms with E-state index in [-0.39, 0.29) is 11.8 Å². The molecule has 1 atom stereocenters. The van der Waals surface area contributed by atoms with Crippen molar-refractivity contribution < 1.29 is 9.53 Å². The Morgan fingerprint density at radius 1 is 1.47 bits per heavy atom. The van der Waals surface area contributed by atoms with Crippen LogP contribution in [-0.2, 0) is 4.79 Å². The smallest absolute Gasteiger partial charge is 0.239 e. The molecule has 0 aliphatic heterocycles. The molecule has 0 bridgehead atoms. The number of amides is 1. The maximum atomic E-state index is 11.9. The molecule has 0 spiro atoms. The lowest BCUT2D eigenvalue weighted by Crippen LogP contribution is -2.46. The molecule has 2 N–H and O–H groups in total. The third kappa shape index (κ3) is 5.09. The zero-order chi connectivity index (χ0) is 14.4. The lowest BCUT2D eigenvalue weighted by molar-refractivity contribution is -0.132. The molecule has 0 fully saturated rings. The first-order valence-electron chi connectivity index (χ1n) is 6.30. The summed E-state index contributed by atoms with van der Waals surface area (Å²) in [6.07, 6.45) is 0. The van der Waals surface area contributed by atoms with E-state index >= 15 is 0 Å². The van der Waals surface area contributed by atoms with Gasteiger partial charge in [0.15, 0.2) is 0 Å². The van der Waals surface area contributed by atoms with Gasteiger partial charge in [-0.1, -0.05) is 31.5 Å². The molecule has 0 unspecified atom stereocenters. The van der Waals surface area contributed by atoms with Gasteiger partial charge in [-0.15, -0.1) is 0 Å². The second kappa shape index (κ2) is 7.36. The minimum absolute atomic E-state index is 0.0651. The number of carbonyl (C=O) groups is 1. The largest absolute Gasteiger partial charge is 0.492 e. The van der Waals surface area contributed by atoms with E-state index in [1.54, 1.807) is 24.1 Å². The fourth-order valence-electron chi connectivity index (χ4n) is 1.51. The molecule has 0 saturated heterocycles. The first-order valence-corrected chi connectivity index (χ1v) is 6.68. The van der Waals surface area contributed by atoms with Gasteiger partial charge in [0.25, 0.3) is 0 Å². The van der Waals surface area contributed by atoms with E-state index in [1.165, 1.54) is 0 Å². The van der Waals surface area contributed by atoms with E-state index in [2.05, 4.69) is 0 Å². The SMILES string of the molecule is CC(C)[C@H](N)C(=O)N(C)CCOc1cccc(Cl)c1. The molecule has 1 aromatic carbocycles. The van der Waals surface area contributed by atoms with Crippen LogP contribution in [-0.4, -0.2) is 37.0 Å². The predicted molar refractivity (Wildman–Crippen MR) is 77.4 cm³/mol. The number of ether oxygens (including phenoxy) is 1. The fourth-order valence-corrected chi connectivity index (χ4v) is 1.69. The molecule has 1 aromatic rings. The van der Waals surface area contributed by atoms with E-state index in [0.717, 1.165) is 0 Å². The number of halogens is 1. The third-order valence-electron chi connectivity index (χ3n) is 2.87. The fraction of sp³-hybridized carbons (Fsp3) is 0.500. The van der Waals surface area contributed by atoms with Crippen molar-refractivity contribution >= 4 is 17.5 Å². The Kier molecular flexibility index (Phi) is 6.12. The number of carbonyl (C=O) groups excluding carboxylic acids is 1. The molecular weight excluding hydrogens is 264 g/mol. The Bertz CT molecular complexity index is 424. The van der Waals surface area contributed by atoms with Crippen LogP contribution in [0.3, 0.4) is 0 Å². The average molecular weight is 285 g/mol. The van der Waals surface area contributed by atoms with Gasteiger partial charge in [-0.3, -0.25) is 4.79 Å². The average Bonchev–Trinajstić information content (AvgIpc) is 2.36. The van der Waals surface area contributed by atoms with E-state index in [1.807, 2.05) is 26.0 Å². The van der Waals surface area contributed by atoms with Crippen LogP contribution in [0, 0.1) is 5.92 Å². The molecule has 0 saturated carbocycles. The molecule has 1 rings (SSSR count). The summed E-state index contributed by atoms with van der Waals surface area (Å²) in [4.78, 5) is 13.5. The first-order chi connectivity index (χ1) is 8.91. The van der Waals surface area contributed by atoms with Gasteiger partial charge in [0.05, 0.1) is 12.6 Å². The van der Waals surface area contributed by atoms with E-state index in [0.29, 0.717) is 23.9 Å². The molecule has 0 radical (unpaired) electrons. The lowest BCUT2D eigenvalue weighted by Gasteiger charge is -2.23. The van der Waals surface area contributed by atoms with Crippen LogP contribution < -0.4 is 10.5 Å². The second-order valence-corrected chi connectivity index (χ2v) is 5.27. The highest BCUT2D eigenvalue weighted by molar-refractivity contribution is 6.30. The quantitative estimate of drug-likeness (QED) is 0.871. The highest BCUT2D eigenvalue weighted by atomic mass is 35.5. The minimum Gasteiger partial charge on any atom is -0.492 e. The van der Waals surface area contributed by atoms with Gasteiger partial charge in [0.2, 0.25) is 5.91 Å². The molecule has 19 heavy (non-hydrogen) atoms. The van der Waals surface area contributed by atoms with Gasteiger partial charge in [0.1, 0.15) is 12.4 Å². The summed E-state index contributed by atoms with van der Waals surface area (Å²) in [5, 5.41) is 0.628. The Morgan fingerprint density at radius 2 is 2.16 bits per heavy atom. The number of hydrogen-bond acceptors (Lipinski definition) is 3. The van der Waals surface area contributed by atoms with Crippen molar-refractivity contribution in [1.82, 2.24) is 4.90 Å². The Labute approximate surface area is 119 Å². The topological polar surface area (TPSA) is 55.6 Å². The number of likely N-dealkylation sites (N-methyl/N-ethyl adjacent to an activating group) is 1. The molecule has 0 heterocycles. The zero-order valence-corrected chi connectivity index (χ0v) is 12.4. The number of hydrogen-bond donors (Lipinski definition) is 1. The summed E-state index contributed by atoms with van der Waals surface area (Å²) in [7, 11) is 1.73. The van der Waals surface area contributed by atoms with Gasteiger partial charge in [-0.25, -0.2) is 0 Å². The van der Waals surface area contributed by atoms with Gasteiger partial charge in [-0.05, 0) is 24.1 Å². The van der Waals surface area contributed by atoms with Crippen molar-refractivity contribution in [1.29, 1.82) is 0 Å². The lowest BCUT2D eigenvalue weighted by atomic mass is 10.0. The Hall–Kier alpha value is -1.26. The highest BCUT2D eigenvalue weighted by Crippen LogP contribution is 2.16. The summed E-state index contributed by atoms with van der Waals surface area (Å²) >= 11 is 5.85. The van der Waals surface area contributed by atoms with E-state index in [9.17, 15) is 4.79 Å². The van der Waals surface area contributed by atoms with Crippen LogP contribution >= 0.6 is 11.6 Å². The monoisotopic (exact) mass is 284 g/mol. The van der Waals surface area contributed by atoms with Gasteiger partial charge >= 0.3 is 0 Å². The second-order valence-electron chi connectivity index (χ2n) is 4.84. The van der Waals surface area contributed by atoms with E-state index < -0.39 is 6.04 Å². The summed E-state index contributed by atoms with van der Waals surface area (Å²) in [5.74, 6) is 0.759. The molecule has 0 aliphatic carbocycles. The maximum Gasteiger partial charge on any atom is 0.239 e. The zero-order valence-electron chi connectivity index (χ0n) is 11.6. The molecule has 0 aliphatic rings. The number of benzene rings is 1. The highest BCUT2D eigenvalue weighted by Gasteiger charge is 2.20. The molecule has 1 amide bonds. The first kappa shape index (κ1) is 15.8. The molecule has 106 valence electrons. The minimum atomic E-state index is -0.462. The van der Waals surface area contributed by atoms with Gasteiger partial charge < -0.3 is 15.4 Å². The number of nitrogens with zero attached hydrogens (tertiary/aromatic N) is 1. The summed E-state index contributed by atoms with van der Waals surface area (Å²) < 4.78 is 5.53. The Morgan fingerprint density at radius 3 is 2.74 bits per heavy atom. The maximum absolute atomic E-state index is 11.9.